The number of carbonyl (C=O) groups excluding carboxylic acids is 4. The first-order chi connectivity index (χ1) is 28.3. The lowest BCUT2D eigenvalue weighted by Crippen LogP contribution is -2.58. The summed E-state index contributed by atoms with van der Waals surface area (Å²) in [6, 6.07) is 26.5. The van der Waals surface area contributed by atoms with Gasteiger partial charge in [0.05, 0.1) is 12.7 Å². The minimum absolute atomic E-state index is 0.0587. The number of amides is 4. The largest absolute Gasteiger partial charge is 0.481 e. The van der Waals surface area contributed by atoms with Crippen LogP contribution in [0.1, 0.15) is 41.5 Å². The van der Waals surface area contributed by atoms with Crippen molar-refractivity contribution in [2.75, 3.05) is 0 Å². The lowest BCUT2D eigenvalue weighted by Gasteiger charge is -2.30. The molecule has 5 rings (SSSR count). The Morgan fingerprint density at radius 1 is 0.729 bits per heavy atom. The molecule has 0 aliphatic carbocycles. The zero-order valence-corrected chi connectivity index (χ0v) is 32.6. The molecule has 4 atom stereocenters. The normalized spacial score (nSPS) is 13.0. The van der Waals surface area contributed by atoms with Crippen LogP contribution >= 0.6 is 7.60 Å². The Balaban J connectivity index is 1.51. The Labute approximate surface area is 339 Å². The number of rotatable bonds is 20. The van der Waals surface area contributed by atoms with Gasteiger partial charge in [-0.1, -0.05) is 91.0 Å². The average molecular weight is 823 g/mol. The third kappa shape index (κ3) is 12.6. The molecule has 0 bridgehead atoms. The highest BCUT2D eigenvalue weighted by Gasteiger charge is 2.43. The summed E-state index contributed by atoms with van der Waals surface area (Å²) in [4.78, 5) is 72.9. The number of carboxylic acid groups (broad SMARTS) is 1. The molecule has 1 heterocycles. The van der Waals surface area contributed by atoms with Crippen molar-refractivity contribution in [1.29, 1.82) is 5.41 Å². The molecule has 4 aromatic carbocycles. The van der Waals surface area contributed by atoms with Crippen LogP contribution < -0.4 is 36.0 Å². The summed E-state index contributed by atoms with van der Waals surface area (Å²) in [6.45, 7) is 1.20. The number of benzene rings is 4. The van der Waals surface area contributed by atoms with Gasteiger partial charge in [-0.05, 0) is 35.4 Å². The molecular weight excluding hydrogens is 779 g/mol. The van der Waals surface area contributed by atoms with Crippen molar-refractivity contribution < 1.29 is 42.7 Å². The number of carboxylic acids is 1. The molecule has 18 heteroatoms. The van der Waals surface area contributed by atoms with Crippen molar-refractivity contribution in [3.8, 4) is 11.5 Å². The standard InChI is InChI=1S/C41H43N8O9P/c1-26(50)46-34(22-30-24-44-25-45-30)38(53)48-35(23-36(51)52)39(54)47-33(21-27-11-5-2-6-12-27)40(55)49-41(29-19-17-28(18-20-29)37(42)43)59(56,57-31-13-7-3-8-14-31)58-32-15-9-4-10-16-32/h2-20,24-25,33-35,41H,21-23H2,1H3,(H3,42,43)(H,44,45)(H,46,50)(H,47,54)(H,48,53)(H,49,55)(H,51,52)/t33-,34-,35-,41+/m0/s1. The van der Waals surface area contributed by atoms with Crippen molar-refractivity contribution in [3.63, 3.8) is 0 Å². The molecule has 0 aliphatic heterocycles. The van der Waals surface area contributed by atoms with Gasteiger partial charge < -0.3 is 46.1 Å². The van der Waals surface area contributed by atoms with Gasteiger partial charge in [-0.3, -0.25) is 29.4 Å². The van der Waals surface area contributed by atoms with Gasteiger partial charge in [0.25, 0.3) is 0 Å². The Morgan fingerprint density at radius 2 is 1.24 bits per heavy atom. The number of aromatic nitrogens is 2. The maximum absolute atomic E-state index is 15.3. The van der Waals surface area contributed by atoms with E-state index in [0.29, 0.717) is 16.8 Å². The van der Waals surface area contributed by atoms with Crippen molar-refractivity contribution in [2.45, 2.75) is 50.1 Å². The summed E-state index contributed by atoms with van der Waals surface area (Å²) < 4.78 is 27.5. The molecule has 17 nitrogen and oxygen atoms in total. The van der Waals surface area contributed by atoms with Crippen molar-refractivity contribution in [3.05, 3.63) is 150 Å². The number of para-hydroxylation sites is 2. The number of amidine groups is 1. The van der Waals surface area contributed by atoms with Gasteiger partial charge in [0.15, 0.2) is 5.78 Å². The molecule has 0 saturated heterocycles. The third-order valence-corrected chi connectivity index (χ3v) is 10.7. The predicted molar refractivity (Wildman–Crippen MR) is 216 cm³/mol. The zero-order chi connectivity index (χ0) is 42.4. The Hall–Kier alpha value is -7.26. The fourth-order valence-corrected chi connectivity index (χ4v) is 7.77. The van der Waals surface area contributed by atoms with Crippen LogP contribution in [-0.4, -0.2) is 68.6 Å². The summed E-state index contributed by atoms with van der Waals surface area (Å²) in [5.74, 6) is -6.27. The third-order valence-electron chi connectivity index (χ3n) is 8.68. The number of nitrogens with zero attached hydrogens (tertiary/aromatic N) is 1. The monoisotopic (exact) mass is 822 g/mol. The summed E-state index contributed by atoms with van der Waals surface area (Å²) in [7, 11) is -4.55. The molecule has 1 aromatic heterocycles. The lowest BCUT2D eigenvalue weighted by molar-refractivity contribution is -0.141. The highest BCUT2D eigenvalue weighted by Crippen LogP contribution is 2.59. The van der Waals surface area contributed by atoms with Gasteiger partial charge in [0.1, 0.15) is 35.5 Å². The summed E-state index contributed by atoms with van der Waals surface area (Å²) in [6.07, 6.45) is 1.74. The molecule has 59 heavy (non-hydrogen) atoms. The number of hydrogen-bond donors (Lipinski definition) is 8. The second kappa shape index (κ2) is 20.2. The first kappa shape index (κ1) is 42.9. The first-order valence-corrected chi connectivity index (χ1v) is 19.9. The molecule has 0 unspecified atom stereocenters. The highest BCUT2D eigenvalue weighted by molar-refractivity contribution is 7.55. The number of imidazole rings is 1. The summed E-state index contributed by atoms with van der Waals surface area (Å²) in [5, 5.41) is 27.9. The maximum Gasteiger partial charge on any atom is 0.457 e. The molecule has 0 fully saturated rings. The summed E-state index contributed by atoms with van der Waals surface area (Å²) >= 11 is 0. The zero-order valence-electron chi connectivity index (χ0n) is 31.7. The van der Waals surface area contributed by atoms with E-state index in [1.807, 2.05) is 0 Å². The lowest BCUT2D eigenvalue weighted by atomic mass is 10.0. The number of nitrogen functional groups attached to an aromatic ring is 1. The predicted octanol–water partition coefficient (Wildman–Crippen LogP) is 3.59. The first-order valence-electron chi connectivity index (χ1n) is 18.2. The van der Waals surface area contributed by atoms with Gasteiger partial charge >= 0.3 is 13.6 Å². The van der Waals surface area contributed by atoms with E-state index < -0.39 is 67.5 Å². The summed E-state index contributed by atoms with van der Waals surface area (Å²) in [5.41, 5.74) is 7.34. The Kier molecular flexibility index (Phi) is 14.7. The van der Waals surface area contributed by atoms with Gasteiger partial charge in [-0.15, -0.1) is 0 Å². The topological polar surface area (TPSA) is 268 Å². The number of aromatic amines is 1. The van der Waals surface area contributed by atoms with Crippen LogP contribution in [0.4, 0.5) is 0 Å². The maximum atomic E-state index is 15.3. The van der Waals surface area contributed by atoms with Crippen LogP contribution in [0.5, 0.6) is 11.5 Å². The van der Waals surface area contributed by atoms with Crippen LogP contribution in [0.2, 0.25) is 0 Å². The Morgan fingerprint density at radius 3 is 1.75 bits per heavy atom. The van der Waals surface area contributed by atoms with E-state index in [2.05, 4.69) is 31.2 Å². The van der Waals surface area contributed by atoms with Crippen LogP contribution in [0, 0.1) is 5.41 Å². The number of nitrogens with one attached hydrogen (secondary N) is 6. The smallest absolute Gasteiger partial charge is 0.457 e. The molecule has 0 aliphatic rings. The van der Waals surface area contributed by atoms with Gasteiger partial charge in [-0.2, -0.15) is 0 Å². The second-order valence-electron chi connectivity index (χ2n) is 13.2. The van der Waals surface area contributed by atoms with E-state index in [1.165, 1.54) is 43.7 Å². The minimum atomic E-state index is -4.55. The molecule has 4 amide bonds. The quantitative estimate of drug-likeness (QED) is 0.0319. The van der Waals surface area contributed by atoms with E-state index in [0.717, 1.165) is 0 Å². The van der Waals surface area contributed by atoms with E-state index in [9.17, 15) is 29.1 Å². The van der Waals surface area contributed by atoms with Crippen molar-refractivity contribution in [2.24, 2.45) is 5.73 Å². The van der Waals surface area contributed by atoms with Gasteiger partial charge in [0, 0.05) is 37.2 Å². The van der Waals surface area contributed by atoms with Crippen molar-refractivity contribution in [1.82, 2.24) is 31.2 Å². The number of nitrogens with two attached hydrogens (primary N) is 1. The van der Waals surface area contributed by atoms with E-state index in [-0.39, 0.29) is 35.7 Å². The number of hydrogen-bond acceptors (Lipinski definition) is 10. The van der Waals surface area contributed by atoms with E-state index in [1.54, 1.807) is 91.0 Å². The fraction of sp³-hybridized carbons (Fsp3) is 0.195. The van der Waals surface area contributed by atoms with Crippen LogP contribution in [0.3, 0.4) is 0 Å². The highest BCUT2D eigenvalue weighted by atomic mass is 31.2. The SMILES string of the molecule is CC(=O)N[C@@H](Cc1cnc[nH]1)C(=O)N[C@@H](CC(=O)O)C(=O)N[C@@H](Cc1ccccc1)C(=O)N[C@@H](c1ccc(C(=N)N)cc1)P(=O)(Oc1ccccc1)Oc1ccccc1. The number of carbonyl (C=O) groups is 5. The molecule has 306 valence electrons. The molecule has 0 spiro atoms. The van der Waals surface area contributed by atoms with Crippen LogP contribution in [0.15, 0.2) is 128 Å². The minimum Gasteiger partial charge on any atom is -0.481 e. The second-order valence-corrected chi connectivity index (χ2v) is 15.2. The van der Waals surface area contributed by atoms with Crippen molar-refractivity contribution >= 4 is 43.0 Å². The molecular formula is C41H43N8O9P. The molecule has 0 radical (unpaired) electrons. The van der Waals surface area contributed by atoms with Gasteiger partial charge in [0.2, 0.25) is 23.6 Å². The molecule has 0 saturated carbocycles. The molecule has 9 N–H and O–H groups in total. The number of aliphatic carboxylic acids is 1. The fourth-order valence-electron chi connectivity index (χ4n) is 5.86. The average Bonchev–Trinajstić information content (AvgIpc) is 3.73. The van der Waals surface area contributed by atoms with E-state index >= 15 is 4.57 Å². The molecule has 5 aromatic rings. The van der Waals surface area contributed by atoms with Crippen LogP contribution in [-0.2, 0) is 41.4 Å². The van der Waals surface area contributed by atoms with E-state index in [4.69, 9.17) is 20.2 Å². The Bertz CT molecular complexity index is 2220. The van der Waals surface area contributed by atoms with Crippen LogP contribution in [0.25, 0.3) is 0 Å². The van der Waals surface area contributed by atoms with Gasteiger partial charge in [-0.25, -0.2) is 9.55 Å². The number of H-pyrrole nitrogens is 1.